The van der Waals surface area contributed by atoms with Crippen LogP contribution in [0.2, 0.25) is 10.0 Å². The zero-order valence-corrected chi connectivity index (χ0v) is 30.1. The van der Waals surface area contributed by atoms with Crippen LogP contribution in [0.15, 0.2) is 48.5 Å². The topological polar surface area (TPSA) is 105 Å². The van der Waals surface area contributed by atoms with Gasteiger partial charge in [-0.05, 0) is 99.7 Å². The molecule has 0 bridgehead atoms. The number of nitrogens with zero attached hydrogens (tertiary/aromatic N) is 4. The number of carboxylic acids is 1. The van der Waals surface area contributed by atoms with Crippen molar-refractivity contribution < 1.29 is 19.4 Å². The lowest BCUT2D eigenvalue weighted by atomic mass is 9.99. The van der Waals surface area contributed by atoms with Gasteiger partial charge >= 0.3 is 5.97 Å². The van der Waals surface area contributed by atoms with Gasteiger partial charge < -0.3 is 19.4 Å². The van der Waals surface area contributed by atoms with Gasteiger partial charge in [-0.3, -0.25) is 14.4 Å². The molecule has 0 aliphatic carbocycles. The van der Waals surface area contributed by atoms with Gasteiger partial charge in [-0.15, -0.1) is 0 Å². The van der Waals surface area contributed by atoms with Crippen LogP contribution in [0.3, 0.4) is 0 Å². The first-order chi connectivity index (χ1) is 23.2. The molecule has 0 unspecified atom stereocenters. The quantitative estimate of drug-likeness (QED) is 0.180. The van der Waals surface area contributed by atoms with Crippen LogP contribution in [0.5, 0.6) is 5.75 Å². The van der Waals surface area contributed by atoms with Gasteiger partial charge in [0.15, 0.2) is 6.23 Å². The highest BCUT2D eigenvalue weighted by Gasteiger charge is 2.43. The summed E-state index contributed by atoms with van der Waals surface area (Å²) in [6.07, 6.45) is -0.860. The zero-order chi connectivity index (χ0) is 35.2. The summed E-state index contributed by atoms with van der Waals surface area (Å²) in [7, 11) is 1.90. The summed E-state index contributed by atoms with van der Waals surface area (Å²) in [5.41, 5.74) is 8.53. The summed E-state index contributed by atoms with van der Waals surface area (Å²) in [5.74, 6) is -0.721. The number of aromatic nitrogens is 4. The molecule has 1 amide bonds. The molecule has 7 rings (SSSR count). The van der Waals surface area contributed by atoms with E-state index in [1.54, 1.807) is 11.0 Å². The van der Waals surface area contributed by atoms with Crippen molar-refractivity contribution in [3.63, 3.8) is 0 Å². The Morgan fingerprint density at radius 2 is 1.67 bits per heavy atom. The number of halogens is 2. The van der Waals surface area contributed by atoms with E-state index in [1.165, 1.54) is 0 Å². The van der Waals surface area contributed by atoms with E-state index in [0.717, 1.165) is 50.1 Å². The molecule has 3 aromatic heterocycles. The molecule has 49 heavy (non-hydrogen) atoms. The Bertz CT molecular complexity index is 2340. The predicted octanol–water partition coefficient (Wildman–Crippen LogP) is 9.51. The first-order valence-electron chi connectivity index (χ1n) is 16.2. The molecule has 0 radical (unpaired) electrons. The van der Waals surface area contributed by atoms with E-state index in [9.17, 15) is 9.90 Å². The van der Waals surface area contributed by atoms with Crippen molar-refractivity contribution in [1.82, 2.24) is 19.3 Å². The Balaban J connectivity index is 1.53. The van der Waals surface area contributed by atoms with E-state index < -0.39 is 18.2 Å². The second kappa shape index (κ2) is 11.7. The maximum Gasteiger partial charge on any atom is 0.352 e. The van der Waals surface area contributed by atoms with Crippen LogP contribution < -0.4 is 9.64 Å². The molecule has 1 aliphatic heterocycles. The van der Waals surface area contributed by atoms with Crippen molar-refractivity contribution in [3.05, 3.63) is 98.0 Å². The Morgan fingerprint density at radius 1 is 0.980 bits per heavy atom. The highest BCUT2D eigenvalue weighted by molar-refractivity contribution is 6.35. The maximum absolute atomic E-state index is 15.1. The fourth-order valence-corrected chi connectivity index (χ4v) is 7.59. The van der Waals surface area contributed by atoms with Gasteiger partial charge in [0.25, 0.3) is 5.91 Å². The largest absolute Gasteiger partial charge is 0.477 e. The Kier molecular flexibility index (Phi) is 7.84. The number of benzene rings is 3. The number of carboxylic acid groups (broad SMARTS) is 1. The minimum atomic E-state index is -1.09. The number of amides is 1. The van der Waals surface area contributed by atoms with Crippen molar-refractivity contribution in [2.24, 2.45) is 7.05 Å². The van der Waals surface area contributed by atoms with Crippen LogP contribution in [0.1, 0.15) is 81.8 Å². The number of aryl methyl sites for hydroxylation is 4. The van der Waals surface area contributed by atoms with E-state index in [1.807, 2.05) is 93.4 Å². The molecule has 3 aromatic carbocycles. The van der Waals surface area contributed by atoms with Crippen LogP contribution in [-0.2, 0) is 7.05 Å². The molecular weight excluding hydrogens is 661 g/mol. The van der Waals surface area contributed by atoms with Crippen LogP contribution >= 0.6 is 23.2 Å². The van der Waals surface area contributed by atoms with Gasteiger partial charge in [0.2, 0.25) is 0 Å². The summed E-state index contributed by atoms with van der Waals surface area (Å²) in [5, 5.41) is 17.3. The van der Waals surface area contributed by atoms with Crippen molar-refractivity contribution in [3.8, 4) is 16.9 Å². The number of hydrogen-bond acceptors (Lipinski definition) is 4. The van der Waals surface area contributed by atoms with E-state index in [4.69, 9.17) is 27.9 Å². The van der Waals surface area contributed by atoms with Gasteiger partial charge in [-0.2, -0.15) is 5.10 Å². The van der Waals surface area contributed by atoms with E-state index in [2.05, 4.69) is 23.9 Å². The number of aromatic carboxylic acids is 1. The molecular formula is C38H37Cl2N5O4. The van der Waals surface area contributed by atoms with Crippen LogP contribution in [0, 0.1) is 27.7 Å². The molecule has 0 spiro atoms. The van der Waals surface area contributed by atoms with Crippen LogP contribution in [-0.4, -0.2) is 42.5 Å². The second-order valence-corrected chi connectivity index (χ2v) is 14.2. The molecule has 252 valence electrons. The summed E-state index contributed by atoms with van der Waals surface area (Å²) < 4.78 is 10.7. The SMILES string of the molecule is Cc1cc(O[C@@H]2[C@@H](C)n3c(cc4ccc(Cl)c(-c5c(C)nn(C)c5C)c43)C(=O)N2c2cc(C(C)C)cc3cc(C(=O)O)[nH]c23)cc(C)c1Cl. The molecule has 0 saturated heterocycles. The first-order valence-corrected chi connectivity index (χ1v) is 16.9. The number of H-pyrrole nitrogens is 1. The minimum absolute atomic E-state index is 0.0340. The highest BCUT2D eigenvalue weighted by atomic mass is 35.5. The lowest BCUT2D eigenvalue weighted by Gasteiger charge is -2.41. The fraction of sp³-hybridized carbons (Fsp3) is 0.289. The third kappa shape index (κ3) is 5.09. The first kappa shape index (κ1) is 32.8. The van der Waals surface area contributed by atoms with Crippen molar-refractivity contribution >= 4 is 62.6 Å². The molecule has 0 saturated carbocycles. The number of fused-ring (bicyclic) bond motifs is 4. The lowest BCUT2D eigenvalue weighted by Crippen LogP contribution is -2.53. The van der Waals surface area contributed by atoms with Crippen molar-refractivity contribution in [2.45, 2.75) is 66.7 Å². The van der Waals surface area contributed by atoms with Gasteiger partial charge in [-0.25, -0.2) is 4.79 Å². The van der Waals surface area contributed by atoms with Crippen molar-refractivity contribution in [1.29, 1.82) is 0 Å². The Morgan fingerprint density at radius 3 is 2.29 bits per heavy atom. The second-order valence-electron chi connectivity index (χ2n) is 13.4. The van der Waals surface area contributed by atoms with E-state index in [0.29, 0.717) is 38.1 Å². The lowest BCUT2D eigenvalue weighted by molar-refractivity contribution is 0.0691. The molecule has 6 aromatic rings. The van der Waals surface area contributed by atoms with E-state index in [-0.39, 0.29) is 17.5 Å². The third-order valence-corrected chi connectivity index (χ3v) is 10.7. The third-order valence-electron chi connectivity index (χ3n) is 9.78. The number of nitrogens with one attached hydrogen (secondary N) is 1. The Hall–Kier alpha value is -4.73. The van der Waals surface area contributed by atoms with Crippen LogP contribution in [0.4, 0.5) is 5.69 Å². The monoisotopic (exact) mass is 697 g/mol. The molecule has 4 heterocycles. The average molecular weight is 699 g/mol. The standard InChI is InChI=1S/C38H37Cl2N5O4/c1-17(2)24-13-25-14-28(38(47)48)41-34(25)29(16-24)45-36(46)30-15-23-9-10-27(39)32(31-20(5)42-43(8)21(31)6)35(23)44(30)22(7)37(45)49-26-11-18(3)33(40)19(4)12-26/h9-17,22,37,41H,1-8H3,(H,47,48)/t22-,37-/m1/s1. The maximum atomic E-state index is 15.1. The summed E-state index contributed by atoms with van der Waals surface area (Å²) in [6.45, 7) is 14.0. The number of carbonyl (C=O) groups excluding carboxylic acids is 1. The van der Waals surface area contributed by atoms with Gasteiger partial charge in [0.05, 0.1) is 33.5 Å². The smallest absolute Gasteiger partial charge is 0.352 e. The summed E-state index contributed by atoms with van der Waals surface area (Å²) in [6, 6.07) is 14.5. The Labute approximate surface area is 294 Å². The number of ether oxygens (including phenoxy) is 1. The fourth-order valence-electron chi connectivity index (χ4n) is 7.24. The number of carbonyl (C=O) groups is 2. The molecule has 9 nitrogen and oxygen atoms in total. The van der Waals surface area contributed by atoms with Crippen LogP contribution in [0.25, 0.3) is 32.9 Å². The summed E-state index contributed by atoms with van der Waals surface area (Å²) in [4.78, 5) is 31.9. The number of anilines is 1. The zero-order valence-electron chi connectivity index (χ0n) is 28.6. The summed E-state index contributed by atoms with van der Waals surface area (Å²) >= 11 is 13.6. The minimum Gasteiger partial charge on any atom is -0.477 e. The molecule has 1 aliphatic rings. The van der Waals surface area contributed by atoms with Gasteiger partial charge in [0.1, 0.15) is 17.1 Å². The molecule has 0 fully saturated rings. The molecule has 2 N–H and O–H groups in total. The molecule has 11 heteroatoms. The highest BCUT2D eigenvalue weighted by Crippen LogP contribution is 2.46. The van der Waals surface area contributed by atoms with Crippen molar-refractivity contribution in [2.75, 3.05) is 4.90 Å². The average Bonchev–Trinajstić information content (AvgIpc) is 3.72. The number of rotatable bonds is 6. The van der Waals surface area contributed by atoms with E-state index >= 15 is 4.79 Å². The normalized spacial score (nSPS) is 16.3. The number of aromatic amines is 1. The number of hydrogen-bond donors (Lipinski definition) is 2. The predicted molar refractivity (Wildman–Crippen MR) is 195 cm³/mol. The van der Waals surface area contributed by atoms with Gasteiger partial charge in [-0.1, -0.05) is 43.1 Å². The van der Waals surface area contributed by atoms with Gasteiger partial charge in [0, 0.05) is 39.7 Å². The molecule has 2 atom stereocenters.